The maximum atomic E-state index is 13.6. The van der Waals surface area contributed by atoms with E-state index in [1.54, 1.807) is 24.3 Å². The van der Waals surface area contributed by atoms with Gasteiger partial charge in [-0.2, -0.15) is 4.37 Å². The molecule has 3 aromatic rings. The zero-order chi connectivity index (χ0) is 23.9. The summed E-state index contributed by atoms with van der Waals surface area (Å²) in [4.78, 5) is 6.28. The molecule has 3 heterocycles. The Morgan fingerprint density at radius 1 is 1.24 bits per heavy atom. The van der Waals surface area contributed by atoms with E-state index in [-0.39, 0.29) is 27.9 Å². The first kappa shape index (κ1) is 23.2. The van der Waals surface area contributed by atoms with E-state index in [1.165, 1.54) is 24.5 Å². The van der Waals surface area contributed by atoms with Crippen LogP contribution in [0.5, 0.6) is 5.75 Å². The second kappa shape index (κ2) is 8.88. The van der Waals surface area contributed by atoms with E-state index in [2.05, 4.69) is 19.0 Å². The monoisotopic (exact) mass is 504 g/mol. The molecule has 2 N–H and O–H groups in total. The van der Waals surface area contributed by atoms with Crippen molar-refractivity contribution in [2.24, 2.45) is 0 Å². The van der Waals surface area contributed by atoms with E-state index in [4.69, 9.17) is 4.74 Å². The molecule has 0 saturated carbocycles. The molecule has 34 heavy (non-hydrogen) atoms. The van der Waals surface area contributed by atoms with Gasteiger partial charge in [0.05, 0.1) is 17.1 Å². The number of anilines is 1. The van der Waals surface area contributed by atoms with E-state index in [9.17, 15) is 17.9 Å². The highest BCUT2D eigenvalue weighted by molar-refractivity contribution is 7.93. The van der Waals surface area contributed by atoms with Crippen molar-refractivity contribution in [2.75, 3.05) is 17.9 Å². The summed E-state index contributed by atoms with van der Waals surface area (Å²) >= 11 is 0.958. The van der Waals surface area contributed by atoms with Gasteiger partial charge >= 0.3 is 0 Å². The average Bonchev–Trinajstić information content (AvgIpc) is 3.31. The Kier molecular flexibility index (Phi) is 6.05. The van der Waals surface area contributed by atoms with Gasteiger partial charge < -0.3 is 9.84 Å². The predicted octanol–water partition coefficient (Wildman–Crippen LogP) is 3.89. The topological polar surface area (TPSA) is 105 Å². The third-order valence-electron chi connectivity index (χ3n) is 6.48. The van der Waals surface area contributed by atoms with Crippen molar-refractivity contribution in [3.8, 4) is 5.75 Å². The van der Waals surface area contributed by atoms with Crippen LogP contribution in [0.4, 0.5) is 9.52 Å². The van der Waals surface area contributed by atoms with Crippen LogP contribution < -0.4 is 9.46 Å². The first-order valence-electron chi connectivity index (χ1n) is 11.0. The van der Waals surface area contributed by atoms with E-state index in [1.807, 2.05) is 6.92 Å². The Hall–Kier alpha value is -2.60. The fourth-order valence-corrected chi connectivity index (χ4v) is 6.46. The molecule has 0 amide bonds. The lowest BCUT2D eigenvalue weighted by Crippen LogP contribution is -2.46. The Balaban J connectivity index is 1.46. The zero-order valence-electron chi connectivity index (χ0n) is 18.5. The Morgan fingerprint density at radius 2 is 2.03 bits per heavy atom. The molecule has 0 bridgehead atoms. The number of sulfonamides is 1. The van der Waals surface area contributed by atoms with Gasteiger partial charge in [-0.05, 0) is 43.5 Å². The molecule has 0 spiro atoms. The fourth-order valence-electron chi connectivity index (χ4n) is 4.78. The molecule has 0 radical (unpaired) electrons. The van der Waals surface area contributed by atoms with Crippen molar-refractivity contribution in [1.29, 1.82) is 0 Å². The van der Waals surface area contributed by atoms with Gasteiger partial charge in [0, 0.05) is 48.2 Å². The quantitative estimate of drug-likeness (QED) is 0.543. The van der Waals surface area contributed by atoms with E-state index >= 15 is 0 Å². The SMILES string of the molecule is C[C@]1(O)CCN([C@@H]2CCOc3cc(S(=O)(=O)Nc4ncns4)ccc32)[C@H](c2ccc(F)cc2)C1. The molecular weight excluding hydrogens is 479 g/mol. The average molecular weight is 505 g/mol. The highest BCUT2D eigenvalue weighted by Gasteiger charge is 2.40. The number of nitrogens with one attached hydrogen (secondary N) is 1. The summed E-state index contributed by atoms with van der Waals surface area (Å²) in [7, 11) is -3.84. The molecule has 5 rings (SSSR count). The number of fused-ring (bicyclic) bond motifs is 1. The maximum Gasteiger partial charge on any atom is 0.263 e. The lowest BCUT2D eigenvalue weighted by Gasteiger charge is -2.47. The Morgan fingerprint density at radius 3 is 2.76 bits per heavy atom. The van der Waals surface area contributed by atoms with Gasteiger partial charge in [0.15, 0.2) is 0 Å². The summed E-state index contributed by atoms with van der Waals surface area (Å²) in [5.74, 6) is 0.219. The van der Waals surface area contributed by atoms with Crippen LogP contribution in [-0.4, -0.2) is 46.5 Å². The zero-order valence-corrected chi connectivity index (χ0v) is 20.2. The number of ether oxygens (including phenoxy) is 1. The van der Waals surface area contributed by atoms with Gasteiger partial charge in [0.1, 0.15) is 17.9 Å². The Bertz CT molecular complexity index is 1270. The number of nitrogens with zero attached hydrogens (tertiary/aromatic N) is 3. The third kappa shape index (κ3) is 4.65. The maximum absolute atomic E-state index is 13.6. The number of piperidine rings is 1. The normalized spacial score (nSPS) is 25.4. The molecule has 0 unspecified atom stereocenters. The number of hydrogen-bond acceptors (Lipinski definition) is 8. The highest BCUT2D eigenvalue weighted by atomic mass is 32.2. The van der Waals surface area contributed by atoms with Gasteiger partial charge in [0.2, 0.25) is 5.13 Å². The summed E-state index contributed by atoms with van der Waals surface area (Å²) in [6.07, 6.45) is 3.14. The van der Waals surface area contributed by atoms with Gasteiger partial charge in [-0.1, -0.05) is 18.2 Å². The number of aromatic nitrogens is 2. The summed E-state index contributed by atoms with van der Waals surface area (Å²) < 4.78 is 51.3. The second-order valence-electron chi connectivity index (χ2n) is 8.96. The number of benzene rings is 2. The number of hydrogen-bond donors (Lipinski definition) is 2. The molecule has 1 fully saturated rings. The number of aliphatic hydroxyl groups is 1. The smallest absolute Gasteiger partial charge is 0.263 e. The first-order valence-corrected chi connectivity index (χ1v) is 13.3. The highest BCUT2D eigenvalue weighted by Crippen LogP contribution is 2.46. The fraction of sp³-hybridized carbons (Fsp3) is 0.391. The van der Waals surface area contributed by atoms with Crippen LogP contribution in [0.3, 0.4) is 0 Å². The van der Waals surface area contributed by atoms with E-state index in [0.29, 0.717) is 31.7 Å². The van der Waals surface area contributed by atoms with Gasteiger partial charge in [0.25, 0.3) is 10.0 Å². The first-order chi connectivity index (χ1) is 16.2. The summed E-state index contributed by atoms with van der Waals surface area (Å²) in [5.41, 5.74) is 1.02. The molecule has 8 nitrogen and oxygen atoms in total. The second-order valence-corrected chi connectivity index (χ2v) is 11.4. The van der Waals surface area contributed by atoms with Crippen LogP contribution in [0.2, 0.25) is 0 Å². The third-order valence-corrected chi connectivity index (χ3v) is 8.53. The van der Waals surface area contributed by atoms with Crippen molar-refractivity contribution < 1.29 is 22.7 Å². The number of rotatable bonds is 5. The lowest BCUT2D eigenvalue weighted by molar-refractivity contribution is -0.0540. The van der Waals surface area contributed by atoms with Crippen molar-refractivity contribution in [3.63, 3.8) is 0 Å². The molecule has 1 aromatic heterocycles. The van der Waals surface area contributed by atoms with Crippen LogP contribution >= 0.6 is 11.5 Å². The van der Waals surface area contributed by atoms with Gasteiger partial charge in [-0.3, -0.25) is 9.62 Å². The summed E-state index contributed by atoms with van der Waals surface area (Å²) in [5, 5.41) is 11.0. The van der Waals surface area contributed by atoms with Crippen molar-refractivity contribution in [1.82, 2.24) is 14.3 Å². The number of likely N-dealkylation sites (tertiary alicyclic amines) is 1. The minimum absolute atomic E-state index is 0.0252. The number of halogens is 1. The largest absolute Gasteiger partial charge is 0.493 e. The van der Waals surface area contributed by atoms with Gasteiger partial charge in [-0.25, -0.2) is 17.8 Å². The van der Waals surface area contributed by atoms with Crippen LogP contribution in [0.1, 0.15) is 49.4 Å². The molecule has 2 aliphatic rings. The van der Waals surface area contributed by atoms with Crippen molar-refractivity contribution in [2.45, 2.75) is 48.8 Å². The van der Waals surface area contributed by atoms with Gasteiger partial charge in [-0.15, -0.1) is 0 Å². The standard InChI is InChI=1S/C23H25FN4O4S2/c1-23(29)9-10-28(20(13-23)15-2-4-16(24)5-3-15)19-8-11-32-21-12-17(6-7-18(19)21)34(30,31)27-22-25-14-26-33-22/h2-7,12,14,19-20,29H,8-11,13H2,1H3,(H,25,26,27)/t19-,20+,23+/m1/s1. The summed E-state index contributed by atoms with van der Waals surface area (Å²) in [6, 6.07) is 11.2. The predicted molar refractivity (Wildman–Crippen MR) is 126 cm³/mol. The molecule has 0 aliphatic carbocycles. The van der Waals surface area contributed by atoms with E-state index < -0.39 is 15.6 Å². The lowest BCUT2D eigenvalue weighted by atomic mass is 9.82. The molecule has 180 valence electrons. The van der Waals surface area contributed by atoms with Crippen LogP contribution in [0, 0.1) is 5.82 Å². The van der Waals surface area contributed by atoms with E-state index in [0.717, 1.165) is 29.1 Å². The molecule has 2 aliphatic heterocycles. The molecule has 1 saturated heterocycles. The van der Waals surface area contributed by atoms with Crippen molar-refractivity contribution in [3.05, 3.63) is 65.7 Å². The minimum Gasteiger partial charge on any atom is -0.493 e. The van der Waals surface area contributed by atoms with Crippen LogP contribution in [-0.2, 0) is 10.0 Å². The molecular formula is C23H25FN4O4S2. The van der Waals surface area contributed by atoms with Crippen LogP contribution in [0.25, 0.3) is 0 Å². The minimum atomic E-state index is -3.84. The molecule has 3 atom stereocenters. The molecule has 11 heteroatoms. The summed E-state index contributed by atoms with van der Waals surface area (Å²) in [6.45, 7) is 2.92. The Labute approximate surface area is 201 Å². The van der Waals surface area contributed by atoms with Crippen LogP contribution in [0.15, 0.2) is 53.7 Å². The molecule has 2 aromatic carbocycles. The van der Waals surface area contributed by atoms with Crippen molar-refractivity contribution >= 4 is 26.7 Å².